The number of piperidine rings is 2. The molecule has 0 radical (unpaired) electrons. The van der Waals surface area contributed by atoms with Crippen molar-refractivity contribution in [2.75, 3.05) is 39.3 Å². The molecule has 8 nitrogen and oxygen atoms in total. The van der Waals surface area contributed by atoms with Gasteiger partial charge in [-0.15, -0.1) is 11.3 Å². The summed E-state index contributed by atoms with van der Waals surface area (Å²) in [6.45, 7) is 1.83. The molecule has 1 N–H and O–H groups in total. The van der Waals surface area contributed by atoms with Gasteiger partial charge in [0.1, 0.15) is 16.8 Å². The van der Waals surface area contributed by atoms with Gasteiger partial charge in [-0.3, -0.25) is 4.79 Å². The van der Waals surface area contributed by atoms with Crippen LogP contribution < -0.4 is 15.0 Å². The summed E-state index contributed by atoms with van der Waals surface area (Å²) in [5.41, 5.74) is 2.20. The third-order valence-corrected chi connectivity index (χ3v) is 10.6. The Labute approximate surface area is 240 Å². The Morgan fingerprint density at radius 3 is 2.52 bits per heavy atom. The largest absolute Gasteiger partial charge is 0.460 e. The van der Waals surface area contributed by atoms with E-state index in [1.807, 2.05) is 27.3 Å². The van der Waals surface area contributed by atoms with E-state index >= 15 is 0 Å². The van der Waals surface area contributed by atoms with Crippen LogP contribution in [-0.4, -0.2) is 79.4 Å². The fraction of sp³-hybridized carbons (Fsp3) is 0.581. The number of nitrogens with one attached hydrogen (secondary N) is 1. The summed E-state index contributed by atoms with van der Waals surface area (Å²) in [6.07, 6.45) is 7.24. The normalized spacial score (nSPS) is 28.9. The SMILES string of the molecule is COCC1C[C@H]2CC[C@@H](C1)N2c1nc(OC2CC3CC2CN3)nc2sc(CC(=O)N(C)C)c(-c3ccccc3)c12. The molecule has 6 atom stereocenters. The second-order valence-corrected chi connectivity index (χ2v) is 13.4. The molecular weight excluding hydrogens is 522 g/mol. The molecular formula is C31H39N5O3S. The molecule has 1 amide bonds. The van der Waals surface area contributed by atoms with Crippen molar-refractivity contribution in [3.05, 3.63) is 35.2 Å². The summed E-state index contributed by atoms with van der Waals surface area (Å²) in [7, 11) is 5.45. The lowest BCUT2D eigenvalue weighted by atomic mass is 9.91. The van der Waals surface area contributed by atoms with Crippen LogP contribution in [0.15, 0.2) is 30.3 Å². The van der Waals surface area contributed by atoms with Crippen LogP contribution in [0.3, 0.4) is 0 Å². The van der Waals surface area contributed by atoms with E-state index in [0.29, 0.717) is 42.4 Å². The van der Waals surface area contributed by atoms with Crippen LogP contribution in [0, 0.1) is 11.8 Å². The number of rotatable bonds is 8. The van der Waals surface area contributed by atoms with E-state index in [1.165, 1.54) is 19.3 Å². The zero-order valence-corrected chi connectivity index (χ0v) is 24.5. The molecule has 4 unspecified atom stereocenters. The van der Waals surface area contributed by atoms with Gasteiger partial charge >= 0.3 is 6.01 Å². The Morgan fingerprint density at radius 1 is 1.10 bits per heavy atom. The minimum atomic E-state index is 0.0876. The van der Waals surface area contributed by atoms with Gasteiger partial charge in [-0.1, -0.05) is 30.3 Å². The molecule has 1 saturated carbocycles. The summed E-state index contributed by atoms with van der Waals surface area (Å²) in [6, 6.07) is 12.3. The number of amides is 1. The minimum absolute atomic E-state index is 0.0876. The number of fused-ring (bicyclic) bond motifs is 5. The van der Waals surface area contributed by atoms with Gasteiger partial charge in [-0.25, -0.2) is 0 Å². The fourth-order valence-corrected chi connectivity index (χ4v) is 8.82. The van der Waals surface area contributed by atoms with Crippen LogP contribution in [-0.2, 0) is 16.0 Å². The molecule has 40 heavy (non-hydrogen) atoms. The number of carbonyl (C=O) groups is 1. The maximum atomic E-state index is 13.0. The highest BCUT2D eigenvalue weighted by molar-refractivity contribution is 7.19. The van der Waals surface area contributed by atoms with Crippen LogP contribution >= 0.6 is 11.3 Å². The summed E-state index contributed by atoms with van der Waals surface area (Å²) in [5.74, 6) is 2.18. The first-order valence-corrected chi connectivity index (χ1v) is 15.6. The van der Waals surface area contributed by atoms with Crippen LogP contribution in [0.4, 0.5) is 5.82 Å². The summed E-state index contributed by atoms with van der Waals surface area (Å²) in [5, 5.41) is 4.65. The molecule has 3 aliphatic heterocycles. The lowest BCUT2D eigenvalue weighted by Gasteiger charge is -2.40. The number of hydrogen-bond acceptors (Lipinski definition) is 8. The number of benzene rings is 1. The molecule has 5 heterocycles. The highest BCUT2D eigenvalue weighted by Crippen LogP contribution is 2.49. The molecule has 2 aromatic heterocycles. The lowest BCUT2D eigenvalue weighted by molar-refractivity contribution is -0.127. The Hall–Kier alpha value is -2.75. The number of hydrogen-bond donors (Lipinski definition) is 1. The standard InChI is InChI=1S/C31H39N5O3S/c1-35(2)26(37)15-25-27(19-7-5-4-6-8-19)28-29(36-22-9-10-23(36)12-18(11-22)17-38-3)33-31(34-30(28)40-25)39-24-14-21-13-20(24)16-32-21/h4-8,18,20-24,32H,9-17H2,1-3H3/t18?,20?,21?,22-,23+,24?. The second-order valence-electron chi connectivity index (χ2n) is 12.3. The van der Waals surface area contributed by atoms with Gasteiger partial charge in [-0.2, -0.15) is 9.97 Å². The third-order valence-electron chi connectivity index (χ3n) is 9.49. The first kappa shape index (κ1) is 26.2. The van der Waals surface area contributed by atoms with E-state index in [2.05, 4.69) is 34.5 Å². The third kappa shape index (κ3) is 4.65. The van der Waals surface area contributed by atoms with Gasteiger partial charge in [0.2, 0.25) is 5.91 Å². The quantitative estimate of drug-likeness (QED) is 0.434. The zero-order valence-electron chi connectivity index (χ0n) is 23.6. The Morgan fingerprint density at radius 2 is 1.88 bits per heavy atom. The van der Waals surface area contributed by atoms with Crippen molar-refractivity contribution in [1.29, 1.82) is 0 Å². The second kappa shape index (κ2) is 10.6. The Balaban J connectivity index is 1.37. The average Bonchev–Trinajstić information content (AvgIpc) is 3.71. The van der Waals surface area contributed by atoms with Crippen LogP contribution in [0.1, 0.15) is 43.4 Å². The van der Waals surface area contributed by atoms with Gasteiger partial charge in [0, 0.05) is 75.3 Å². The zero-order chi connectivity index (χ0) is 27.4. The van der Waals surface area contributed by atoms with Crippen LogP contribution in [0.2, 0.25) is 0 Å². The Kier molecular flexibility index (Phi) is 6.92. The average molecular weight is 562 g/mol. The summed E-state index contributed by atoms with van der Waals surface area (Å²) >= 11 is 1.62. The molecule has 7 rings (SSSR count). The van der Waals surface area contributed by atoms with Crippen molar-refractivity contribution < 1.29 is 14.3 Å². The van der Waals surface area contributed by atoms with Crippen molar-refractivity contribution in [2.24, 2.45) is 11.8 Å². The topological polar surface area (TPSA) is 79.8 Å². The molecule has 0 spiro atoms. The number of likely N-dealkylation sites (N-methyl/N-ethyl adjacent to an activating group) is 1. The molecule has 3 saturated heterocycles. The van der Waals surface area contributed by atoms with Gasteiger partial charge in [0.15, 0.2) is 0 Å². The molecule has 9 heteroatoms. The number of aromatic nitrogens is 2. The lowest BCUT2D eigenvalue weighted by Crippen LogP contribution is -2.44. The summed E-state index contributed by atoms with van der Waals surface area (Å²) in [4.78, 5) is 29.5. The number of thiophene rings is 1. The number of carbonyl (C=O) groups excluding carboxylic acids is 1. The molecule has 1 aliphatic carbocycles. The van der Waals surface area contributed by atoms with E-state index in [1.54, 1.807) is 16.2 Å². The van der Waals surface area contributed by atoms with Crippen molar-refractivity contribution in [2.45, 2.75) is 69.2 Å². The maximum Gasteiger partial charge on any atom is 0.320 e. The fourth-order valence-electron chi connectivity index (χ4n) is 7.65. The monoisotopic (exact) mass is 561 g/mol. The van der Waals surface area contributed by atoms with Crippen LogP contribution in [0.25, 0.3) is 21.3 Å². The number of methoxy groups -OCH3 is 1. The van der Waals surface area contributed by atoms with Gasteiger partial charge < -0.3 is 24.6 Å². The molecule has 1 aromatic carbocycles. The highest BCUT2D eigenvalue weighted by atomic mass is 32.1. The van der Waals surface area contributed by atoms with E-state index in [4.69, 9.17) is 19.4 Å². The predicted molar refractivity (Wildman–Crippen MR) is 158 cm³/mol. The number of ether oxygens (including phenoxy) is 2. The minimum Gasteiger partial charge on any atom is -0.460 e. The van der Waals surface area contributed by atoms with Crippen LogP contribution in [0.5, 0.6) is 6.01 Å². The smallest absolute Gasteiger partial charge is 0.320 e. The molecule has 4 fully saturated rings. The summed E-state index contributed by atoms with van der Waals surface area (Å²) < 4.78 is 12.2. The maximum absolute atomic E-state index is 13.0. The first-order valence-electron chi connectivity index (χ1n) is 14.7. The highest BCUT2D eigenvalue weighted by Gasteiger charge is 2.44. The van der Waals surface area contributed by atoms with Gasteiger partial charge in [0.05, 0.1) is 11.8 Å². The van der Waals surface area contributed by atoms with Gasteiger partial charge in [0.25, 0.3) is 0 Å². The van der Waals surface area contributed by atoms with Crippen molar-refractivity contribution in [3.8, 4) is 17.1 Å². The number of anilines is 1. The van der Waals surface area contributed by atoms with E-state index in [0.717, 1.165) is 64.5 Å². The molecule has 212 valence electrons. The van der Waals surface area contributed by atoms with Crippen molar-refractivity contribution in [3.63, 3.8) is 0 Å². The van der Waals surface area contributed by atoms with E-state index in [-0.39, 0.29) is 12.0 Å². The van der Waals surface area contributed by atoms with E-state index in [9.17, 15) is 4.79 Å². The molecule has 4 aliphatic rings. The van der Waals surface area contributed by atoms with Gasteiger partial charge in [-0.05, 0) is 43.6 Å². The van der Waals surface area contributed by atoms with E-state index < -0.39 is 0 Å². The first-order chi connectivity index (χ1) is 19.5. The van der Waals surface area contributed by atoms with Crippen molar-refractivity contribution >= 4 is 33.3 Å². The Bertz CT molecular complexity index is 1380. The molecule has 4 bridgehead atoms. The predicted octanol–water partition coefficient (Wildman–Crippen LogP) is 4.51. The number of nitrogens with zero attached hydrogens (tertiary/aromatic N) is 4. The van der Waals surface area contributed by atoms with Crippen molar-refractivity contribution in [1.82, 2.24) is 20.2 Å². The molecule has 3 aromatic rings.